The van der Waals surface area contributed by atoms with Gasteiger partial charge in [0.15, 0.2) is 17.4 Å². The summed E-state index contributed by atoms with van der Waals surface area (Å²) in [7, 11) is 0. The molecule has 0 heterocycles. The van der Waals surface area contributed by atoms with E-state index in [0.717, 1.165) is 12.1 Å². The van der Waals surface area contributed by atoms with Gasteiger partial charge in [0, 0.05) is 5.02 Å². The predicted molar refractivity (Wildman–Crippen MR) is 67.3 cm³/mol. The molecular weight excluding hydrogens is 272 g/mol. The zero-order valence-electron chi connectivity index (χ0n) is 9.88. The summed E-state index contributed by atoms with van der Waals surface area (Å²) in [6.07, 6.45) is 0. The number of halogens is 3. The minimum atomic E-state index is -0.925. The molecule has 0 saturated heterocycles. The number of rotatable bonds is 2. The first-order valence-electron chi connectivity index (χ1n) is 5.34. The molecule has 0 N–H and O–H groups in total. The Morgan fingerprint density at radius 1 is 1.16 bits per heavy atom. The number of ether oxygens (including phenoxy) is 1. The highest BCUT2D eigenvalue weighted by Crippen LogP contribution is 2.31. The van der Waals surface area contributed by atoms with Crippen molar-refractivity contribution in [2.24, 2.45) is 0 Å². The van der Waals surface area contributed by atoms with Crippen molar-refractivity contribution in [2.45, 2.75) is 6.92 Å². The largest absolute Gasteiger partial charge is 0.451 e. The maximum Gasteiger partial charge on any atom is 0.198 e. The highest BCUT2D eigenvalue weighted by molar-refractivity contribution is 6.30. The van der Waals surface area contributed by atoms with Gasteiger partial charge in [-0.05, 0) is 42.8 Å². The zero-order chi connectivity index (χ0) is 14.0. The molecule has 0 unspecified atom stereocenters. The molecule has 0 atom stereocenters. The molecule has 96 valence electrons. The first kappa shape index (κ1) is 13.3. The van der Waals surface area contributed by atoms with Gasteiger partial charge in [-0.15, -0.1) is 0 Å². The van der Waals surface area contributed by atoms with E-state index in [2.05, 4.69) is 0 Å². The summed E-state index contributed by atoms with van der Waals surface area (Å²) < 4.78 is 32.5. The fourth-order valence-corrected chi connectivity index (χ4v) is 1.79. The Balaban J connectivity index is 2.41. The van der Waals surface area contributed by atoms with Gasteiger partial charge in [-0.3, -0.25) is 0 Å². The maximum atomic E-state index is 13.7. The van der Waals surface area contributed by atoms with E-state index in [4.69, 9.17) is 21.6 Å². The zero-order valence-corrected chi connectivity index (χ0v) is 10.6. The van der Waals surface area contributed by atoms with Crippen molar-refractivity contribution < 1.29 is 13.5 Å². The fraction of sp³-hybridized carbons (Fsp3) is 0.0714. The van der Waals surface area contributed by atoms with Gasteiger partial charge in [0.05, 0.1) is 11.6 Å². The highest BCUT2D eigenvalue weighted by atomic mass is 35.5. The van der Waals surface area contributed by atoms with Gasteiger partial charge in [0.25, 0.3) is 0 Å². The predicted octanol–water partition coefficient (Wildman–Crippen LogP) is 4.59. The average Bonchev–Trinajstić information content (AvgIpc) is 2.35. The van der Waals surface area contributed by atoms with Gasteiger partial charge >= 0.3 is 0 Å². The Morgan fingerprint density at radius 2 is 1.79 bits per heavy atom. The van der Waals surface area contributed by atoms with Crippen LogP contribution in [0.2, 0.25) is 5.02 Å². The Hall–Kier alpha value is -2.12. The number of benzene rings is 2. The lowest BCUT2D eigenvalue weighted by Crippen LogP contribution is -1.95. The number of aryl methyl sites for hydroxylation is 1. The average molecular weight is 280 g/mol. The first-order valence-corrected chi connectivity index (χ1v) is 5.72. The molecule has 0 aliphatic carbocycles. The highest BCUT2D eigenvalue weighted by Gasteiger charge is 2.14. The van der Waals surface area contributed by atoms with Crippen LogP contribution in [0.3, 0.4) is 0 Å². The van der Waals surface area contributed by atoms with Gasteiger partial charge in [-0.25, -0.2) is 8.78 Å². The molecule has 2 nitrogen and oxygen atoms in total. The molecule has 0 bridgehead atoms. The summed E-state index contributed by atoms with van der Waals surface area (Å²) in [5.74, 6) is -2.09. The minimum Gasteiger partial charge on any atom is -0.451 e. The van der Waals surface area contributed by atoms with Crippen LogP contribution >= 0.6 is 11.6 Å². The van der Waals surface area contributed by atoms with Crippen molar-refractivity contribution in [1.82, 2.24) is 0 Å². The van der Waals surface area contributed by atoms with E-state index in [9.17, 15) is 8.78 Å². The molecule has 19 heavy (non-hydrogen) atoms. The van der Waals surface area contributed by atoms with Crippen LogP contribution < -0.4 is 4.74 Å². The molecule has 0 fully saturated rings. The number of nitriles is 1. The van der Waals surface area contributed by atoms with Crippen LogP contribution in [0.1, 0.15) is 11.1 Å². The quantitative estimate of drug-likeness (QED) is 0.805. The molecule has 0 saturated carbocycles. The summed E-state index contributed by atoms with van der Waals surface area (Å²) >= 11 is 5.78. The Morgan fingerprint density at radius 3 is 2.32 bits per heavy atom. The van der Waals surface area contributed by atoms with Crippen molar-refractivity contribution in [2.75, 3.05) is 0 Å². The van der Waals surface area contributed by atoms with Gasteiger partial charge in [0.1, 0.15) is 5.75 Å². The van der Waals surface area contributed by atoms with Crippen LogP contribution in [0.25, 0.3) is 0 Å². The molecule has 0 amide bonds. The van der Waals surface area contributed by atoms with Crippen molar-refractivity contribution in [3.05, 3.63) is 58.1 Å². The summed E-state index contributed by atoms with van der Waals surface area (Å²) in [6.45, 7) is 1.71. The van der Waals surface area contributed by atoms with E-state index in [1.165, 1.54) is 6.07 Å². The third-order valence-corrected chi connectivity index (χ3v) is 2.71. The first-order chi connectivity index (χ1) is 9.01. The lowest BCUT2D eigenvalue weighted by molar-refractivity contribution is 0.405. The van der Waals surface area contributed by atoms with Gasteiger partial charge in [0.2, 0.25) is 0 Å². The van der Waals surface area contributed by atoms with E-state index in [1.807, 2.05) is 0 Å². The molecule has 0 spiro atoms. The molecule has 0 aromatic heterocycles. The molecular formula is C14H8ClF2NO. The number of hydrogen-bond acceptors (Lipinski definition) is 2. The van der Waals surface area contributed by atoms with Crippen LogP contribution in [0.5, 0.6) is 11.5 Å². The van der Waals surface area contributed by atoms with Crippen molar-refractivity contribution in [3.63, 3.8) is 0 Å². The molecule has 5 heteroatoms. The van der Waals surface area contributed by atoms with Gasteiger partial charge in [-0.1, -0.05) is 11.6 Å². The smallest absolute Gasteiger partial charge is 0.198 e. The number of hydrogen-bond donors (Lipinski definition) is 0. The van der Waals surface area contributed by atoms with Crippen LogP contribution in [0, 0.1) is 29.9 Å². The summed E-state index contributed by atoms with van der Waals surface area (Å²) in [5, 5.41) is 9.11. The van der Waals surface area contributed by atoms with Crippen LogP contribution in [0.4, 0.5) is 8.78 Å². The second-order valence-corrected chi connectivity index (χ2v) is 4.33. The van der Waals surface area contributed by atoms with Gasteiger partial charge < -0.3 is 4.74 Å². The second-order valence-electron chi connectivity index (χ2n) is 3.89. The maximum absolute atomic E-state index is 13.7. The van der Waals surface area contributed by atoms with Crippen molar-refractivity contribution >= 4 is 11.6 Å². The monoisotopic (exact) mass is 279 g/mol. The molecule has 2 aromatic rings. The molecule has 0 radical (unpaired) electrons. The van der Waals surface area contributed by atoms with Crippen LogP contribution in [0.15, 0.2) is 30.3 Å². The van der Waals surface area contributed by atoms with E-state index in [0.29, 0.717) is 16.3 Å². The van der Waals surface area contributed by atoms with Crippen molar-refractivity contribution in [3.8, 4) is 17.6 Å². The summed E-state index contributed by atoms with van der Waals surface area (Å²) in [5.41, 5.74) is 0.547. The van der Waals surface area contributed by atoms with E-state index < -0.39 is 17.4 Å². The van der Waals surface area contributed by atoms with Gasteiger partial charge in [-0.2, -0.15) is 5.26 Å². The van der Waals surface area contributed by atoms with Crippen molar-refractivity contribution in [1.29, 1.82) is 5.26 Å². The van der Waals surface area contributed by atoms with E-state index >= 15 is 0 Å². The second kappa shape index (κ2) is 5.25. The molecule has 2 rings (SSSR count). The third kappa shape index (κ3) is 2.83. The fourth-order valence-electron chi connectivity index (χ4n) is 1.56. The standard InChI is InChI=1S/C14H8ClF2NO/c1-8-4-10(15)2-3-13(8)19-14-11(16)5-9(7-18)6-12(14)17/h2-6H,1H3. The molecule has 2 aromatic carbocycles. The van der Waals surface area contributed by atoms with Crippen LogP contribution in [-0.4, -0.2) is 0 Å². The SMILES string of the molecule is Cc1cc(Cl)ccc1Oc1c(F)cc(C#N)cc1F. The lowest BCUT2D eigenvalue weighted by Gasteiger charge is -2.10. The van der Waals surface area contributed by atoms with Crippen LogP contribution in [-0.2, 0) is 0 Å². The minimum absolute atomic E-state index is 0.102. The number of nitrogens with zero attached hydrogens (tertiary/aromatic N) is 1. The van der Waals surface area contributed by atoms with E-state index in [1.54, 1.807) is 25.1 Å². The van der Waals surface area contributed by atoms with E-state index in [-0.39, 0.29) is 5.56 Å². The normalized spacial score (nSPS) is 10.1. The topological polar surface area (TPSA) is 33.0 Å². The summed E-state index contributed by atoms with van der Waals surface area (Å²) in [6, 6.07) is 8.21. The Labute approximate surface area is 113 Å². The molecule has 0 aliphatic rings. The Bertz CT molecular complexity index is 657. The third-order valence-electron chi connectivity index (χ3n) is 2.48. The Kier molecular flexibility index (Phi) is 3.68. The molecule has 0 aliphatic heterocycles. The summed E-state index contributed by atoms with van der Waals surface area (Å²) in [4.78, 5) is 0. The lowest BCUT2D eigenvalue weighted by atomic mass is 10.2.